The number of rotatable bonds is 19. The monoisotopic (exact) mass is 1280 g/mol. The van der Waals surface area contributed by atoms with Crippen molar-refractivity contribution in [3.63, 3.8) is 0 Å². The van der Waals surface area contributed by atoms with E-state index in [1.54, 1.807) is 25.3 Å². The minimum atomic E-state index is -0.506. The van der Waals surface area contributed by atoms with E-state index in [9.17, 15) is 24.0 Å². The molecule has 11 aromatic rings. The topological polar surface area (TPSA) is 213 Å². The number of hydrogen-bond acceptors (Lipinski definition) is 15. The van der Waals surface area contributed by atoms with Crippen LogP contribution in [0.3, 0.4) is 0 Å². The summed E-state index contributed by atoms with van der Waals surface area (Å²) in [5, 5.41) is 19.1. The summed E-state index contributed by atoms with van der Waals surface area (Å²) < 4.78 is 37.6. The number of aliphatic hydroxyl groups excluding tert-OH is 1. The van der Waals surface area contributed by atoms with Crippen molar-refractivity contribution in [1.82, 2.24) is 4.98 Å². The maximum absolute atomic E-state index is 12.3. The Bertz CT molecular complexity index is 4150. The minimum absolute atomic E-state index is 0. The fourth-order valence-corrected chi connectivity index (χ4v) is 10.2. The van der Waals surface area contributed by atoms with E-state index in [0.717, 1.165) is 65.2 Å². The van der Waals surface area contributed by atoms with Crippen LogP contribution in [0, 0.1) is 0 Å². The Balaban J connectivity index is 0.000000179. The Morgan fingerprint density at radius 2 is 0.767 bits per heavy atom. The first kappa shape index (κ1) is 69.2. The molecule has 0 atom stereocenters. The molecule has 0 aliphatic carbocycles. The van der Waals surface area contributed by atoms with Crippen molar-refractivity contribution in [2.75, 3.05) is 57.3 Å². The van der Waals surface area contributed by atoms with Crippen LogP contribution in [0.4, 0.5) is 6.01 Å². The zero-order valence-electron chi connectivity index (χ0n) is 50.8. The Morgan fingerprint density at radius 1 is 0.444 bits per heavy atom. The molecule has 3 N–H and O–H groups in total. The number of esters is 1. The summed E-state index contributed by atoms with van der Waals surface area (Å²) in [6, 6.07) is 58.1. The highest BCUT2D eigenvalue weighted by atomic mass is 79.9. The third-order valence-electron chi connectivity index (χ3n) is 13.6. The SMILES string of the molecule is C.CCOc1ccc2ccccc2c1-c1coc(N)n1.CCOc1ccc2ccccc2c1C(=O)CBr.CCOc1ccc2ccccc2c1C(=O)CO.CCOc1ccc2ccccc2c1C(=O)COC(C)=O.CCOc1ccc2ccccc2c1C(C)=O. The van der Waals surface area contributed by atoms with Gasteiger partial charge in [-0.25, -0.2) is 0 Å². The third kappa shape index (κ3) is 17.5. The minimum Gasteiger partial charge on any atom is -0.493 e. The lowest BCUT2D eigenvalue weighted by atomic mass is 10.0. The number of ketones is 4. The van der Waals surface area contributed by atoms with E-state index in [-0.39, 0.29) is 43.2 Å². The summed E-state index contributed by atoms with van der Waals surface area (Å²) in [4.78, 5) is 62.8. The van der Waals surface area contributed by atoms with Gasteiger partial charge in [-0.3, -0.25) is 24.0 Å². The number of fused-ring (bicyclic) bond motifs is 5. The largest absolute Gasteiger partial charge is 0.493 e. The number of benzene rings is 10. The number of aromatic nitrogens is 1. The average Bonchev–Trinajstić information content (AvgIpc) is 1.39. The normalized spacial score (nSPS) is 10.4. The molecule has 1 aromatic heterocycles. The molecule has 0 bridgehead atoms. The summed E-state index contributed by atoms with van der Waals surface area (Å²) >= 11 is 3.22. The van der Waals surface area contributed by atoms with Crippen molar-refractivity contribution in [3.05, 3.63) is 211 Å². The van der Waals surface area contributed by atoms with Gasteiger partial charge in [0.15, 0.2) is 24.0 Å². The Hall–Kier alpha value is -9.90. The van der Waals surface area contributed by atoms with Gasteiger partial charge in [-0.1, -0.05) is 175 Å². The third-order valence-corrected chi connectivity index (χ3v) is 14.1. The lowest BCUT2D eigenvalue weighted by Gasteiger charge is -2.12. The van der Waals surface area contributed by atoms with Gasteiger partial charge in [0.1, 0.15) is 47.3 Å². The fourth-order valence-electron chi connectivity index (χ4n) is 9.91. The molecule has 11 rings (SSSR count). The van der Waals surface area contributed by atoms with Crippen LogP contribution in [0.25, 0.3) is 65.1 Å². The number of carbonyl (C=O) groups is 5. The van der Waals surface area contributed by atoms with E-state index in [0.29, 0.717) is 89.3 Å². The average molecular weight is 1280 g/mol. The number of carbonyl (C=O) groups excluding carboxylic acids is 5. The van der Waals surface area contributed by atoms with E-state index in [1.165, 1.54) is 6.92 Å². The Labute approximate surface area is 532 Å². The molecule has 0 aliphatic rings. The molecular weight excluding hydrogens is 1200 g/mol. The standard InChI is InChI=1S/C16H16O4.C15H14N2O2.C14H13BrO2.C14H14O3.C14H14O2.CH4/c1-3-19-15-9-8-12-6-4-5-7-13(12)16(15)14(18)10-20-11(2)17;1-2-18-13-8-7-10-5-3-4-6-11(10)14(13)12-9-19-15(16)17-12;2*1-2-17-13-8-7-10-5-3-4-6-11(10)14(13)12(16)9-15;1-3-16-13-9-8-11-6-4-5-7-12(11)14(13)10(2)15;/h4-9H,3,10H2,1-2H3;3-9H,2H2,1H3,(H2,16,17);3-8H,2,9H2,1H3;3-8,15H,2,9H2,1H3;4-9H,3H2,1-2H3;1H4. The predicted octanol–water partition coefficient (Wildman–Crippen LogP) is 16.8. The summed E-state index contributed by atoms with van der Waals surface area (Å²) in [6.45, 7) is 14.3. The maximum atomic E-state index is 12.3. The van der Waals surface area contributed by atoms with Gasteiger partial charge in [-0.2, -0.15) is 4.98 Å². The molecule has 0 radical (unpaired) electrons. The van der Waals surface area contributed by atoms with Crippen LogP contribution < -0.4 is 29.4 Å². The fraction of sp³-hybridized carbons (Fsp3) is 0.216. The van der Waals surface area contributed by atoms with Crippen molar-refractivity contribution >= 4 is 105 Å². The van der Waals surface area contributed by atoms with Gasteiger partial charge in [0.2, 0.25) is 5.78 Å². The number of nitrogens with zero attached hydrogens (tertiary/aromatic N) is 1. The molecule has 0 unspecified atom stereocenters. The van der Waals surface area contributed by atoms with Crippen LogP contribution in [0.5, 0.6) is 28.7 Å². The smallest absolute Gasteiger partial charge is 0.303 e. The Kier molecular flexibility index (Phi) is 26.6. The maximum Gasteiger partial charge on any atom is 0.303 e. The molecule has 0 saturated heterocycles. The number of anilines is 1. The highest BCUT2D eigenvalue weighted by Gasteiger charge is 2.20. The van der Waals surface area contributed by atoms with Crippen molar-refractivity contribution in [3.8, 4) is 40.0 Å². The molecule has 0 fully saturated rings. The van der Waals surface area contributed by atoms with Crippen molar-refractivity contribution in [1.29, 1.82) is 0 Å². The van der Waals surface area contributed by atoms with Gasteiger partial charge < -0.3 is 43.7 Å². The lowest BCUT2D eigenvalue weighted by molar-refractivity contribution is -0.139. The number of hydrogen-bond donors (Lipinski definition) is 2. The molecule has 15 nitrogen and oxygen atoms in total. The number of nitrogen functional groups attached to an aromatic ring is 1. The number of oxazole rings is 1. The summed E-state index contributed by atoms with van der Waals surface area (Å²) in [6.07, 6.45) is 1.56. The molecule has 0 aliphatic heterocycles. The van der Waals surface area contributed by atoms with Crippen molar-refractivity contribution in [2.24, 2.45) is 0 Å². The highest BCUT2D eigenvalue weighted by Crippen LogP contribution is 2.38. The van der Waals surface area contributed by atoms with Crippen LogP contribution in [-0.2, 0) is 9.53 Å². The van der Waals surface area contributed by atoms with Gasteiger partial charge in [0.25, 0.3) is 6.01 Å². The predicted molar refractivity (Wildman–Crippen MR) is 363 cm³/mol. The van der Waals surface area contributed by atoms with Crippen LogP contribution in [0.2, 0.25) is 0 Å². The molecule has 0 spiro atoms. The molecule has 90 heavy (non-hydrogen) atoms. The number of Topliss-reactive ketones (excluding diaryl/α,β-unsaturated/α-hetero) is 4. The quantitative estimate of drug-likeness (QED) is 0.0438. The van der Waals surface area contributed by atoms with Gasteiger partial charge in [0, 0.05) is 6.92 Å². The van der Waals surface area contributed by atoms with Crippen molar-refractivity contribution in [2.45, 2.75) is 55.9 Å². The summed E-state index contributed by atoms with van der Waals surface area (Å²) in [5.74, 6) is 2.21. The van der Waals surface area contributed by atoms with Crippen LogP contribution in [0.15, 0.2) is 193 Å². The molecule has 1 heterocycles. The number of ether oxygens (including phenoxy) is 6. The molecule has 0 amide bonds. The first-order valence-electron chi connectivity index (χ1n) is 29.1. The van der Waals surface area contributed by atoms with Crippen LogP contribution in [0.1, 0.15) is 97.3 Å². The Morgan fingerprint density at radius 3 is 1.11 bits per heavy atom. The first-order valence-corrected chi connectivity index (χ1v) is 30.2. The zero-order valence-corrected chi connectivity index (χ0v) is 52.4. The van der Waals surface area contributed by atoms with Gasteiger partial charge in [-0.15, -0.1) is 0 Å². The van der Waals surface area contributed by atoms with Crippen LogP contribution >= 0.6 is 15.9 Å². The second-order valence-electron chi connectivity index (χ2n) is 19.4. The number of alkyl halides is 1. The van der Waals surface area contributed by atoms with E-state index < -0.39 is 12.6 Å². The van der Waals surface area contributed by atoms with E-state index >= 15 is 0 Å². The second-order valence-corrected chi connectivity index (χ2v) is 20.0. The number of aliphatic hydroxyl groups is 1. The molecule has 16 heteroatoms. The zero-order chi connectivity index (χ0) is 63.8. The lowest BCUT2D eigenvalue weighted by Crippen LogP contribution is -2.14. The number of halogens is 1. The summed E-state index contributed by atoms with van der Waals surface area (Å²) in [5.41, 5.74) is 9.45. The van der Waals surface area contributed by atoms with E-state index in [1.807, 2.05) is 198 Å². The molecule has 0 saturated carbocycles. The van der Waals surface area contributed by atoms with Crippen LogP contribution in [-0.4, -0.2) is 90.8 Å². The van der Waals surface area contributed by atoms with E-state index in [4.69, 9.17) is 43.7 Å². The molecular formula is C74H75BrN2O13. The first-order chi connectivity index (χ1) is 43.2. The molecule has 10 aromatic carbocycles. The van der Waals surface area contributed by atoms with E-state index in [2.05, 4.69) is 27.0 Å². The van der Waals surface area contributed by atoms with Gasteiger partial charge in [0.05, 0.1) is 66.2 Å². The van der Waals surface area contributed by atoms with Crippen molar-refractivity contribution < 1.29 is 61.9 Å². The summed E-state index contributed by atoms with van der Waals surface area (Å²) in [7, 11) is 0. The van der Waals surface area contributed by atoms with Gasteiger partial charge >= 0.3 is 5.97 Å². The van der Waals surface area contributed by atoms with Gasteiger partial charge in [-0.05, 0) is 126 Å². The number of nitrogens with two attached hydrogens (primary N) is 1. The molecule has 466 valence electrons. The second kappa shape index (κ2) is 34.6. The highest BCUT2D eigenvalue weighted by molar-refractivity contribution is 9.09.